The van der Waals surface area contributed by atoms with Crippen molar-refractivity contribution in [3.05, 3.63) is 0 Å². The van der Waals surface area contributed by atoms with E-state index in [0.717, 1.165) is 32.5 Å². The van der Waals surface area contributed by atoms with Crippen LogP contribution in [0.5, 0.6) is 0 Å². The standard InChI is InChI=1S/C10H23NO4S/c1-10(2)15-8-5-7-11-6-3-4-9-16(12,13)14/h10-11H,3-9H2,1-2H3,(H,12,13,14). The van der Waals surface area contributed by atoms with E-state index < -0.39 is 10.1 Å². The topological polar surface area (TPSA) is 75.6 Å². The zero-order valence-corrected chi connectivity index (χ0v) is 10.9. The van der Waals surface area contributed by atoms with E-state index in [1.165, 1.54) is 0 Å². The summed E-state index contributed by atoms with van der Waals surface area (Å²) in [5.41, 5.74) is 0. The molecule has 0 amide bonds. The van der Waals surface area contributed by atoms with Crippen LogP contribution in [0.1, 0.15) is 33.1 Å². The summed E-state index contributed by atoms with van der Waals surface area (Å²) in [6.07, 6.45) is 2.48. The largest absolute Gasteiger partial charge is 0.379 e. The number of nitrogens with one attached hydrogen (secondary N) is 1. The van der Waals surface area contributed by atoms with Gasteiger partial charge in [0.25, 0.3) is 10.1 Å². The van der Waals surface area contributed by atoms with E-state index in [-0.39, 0.29) is 11.9 Å². The minimum Gasteiger partial charge on any atom is -0.379 e. The van der Waals surface area contributed by atoms with E-state index in [0.29, 0.717) is 6.42 Å². The van der Waals surface area contributed by atoms with Gasteiger partial charge < -0.3 is 10.1 Å². The Hall–Kier alpha value is -0.170. The third kappa shape index (κ3) is 13.8. The Morgan fingerprint density at radius 2 is 1.81 bits per heavy atom. The maximum atomic E-state index is 10.4. The van der Waals surface area contributed by atoms with E-state index in [1.807, 2.05) is 13.8 Å². The Kier molecular flexibility index (Phi) is 8.83. The molecule has 0 saturated carbocycles. The first-order valence-electron chi connectivity index (χ1n) is 5.69. The van der Waals surface area contributed by atoms with Gasteiger partial charge in [0.1, 0.15) is 0 Å². The smallest absolute Gasteiger partial charge is 0.264 e. The molecule has 0 bridgehead atoms. The molecule has 5 nitrogen and oxygen atoms in total. The molecule has 0 unspecified atom stereocenters. The average Bonchev–Trinajstić information content (AvgIpc) is 2.13. The lowest BCUT2D eigenvalue weighted by atomic mass is 10.3. The first-order valence-corrected chi connectivity index (χ1v) is 7.30. The Morgan fingerprint density at radius 3 is 2.38 bits per heavy atom. The van der Waals surface area contributed by atoms with Crippen LogP contribution < -0.4 is 5.32 Å². The van der Waals surface area contributed by atoms with E-state index in [4.69, 9.17) is 9.29 Å². The van der Waals surface area contributed by atoms with E-state index in [9.17, 15) is 8.42 Å². The van der Waals surface area contributed by atoms with Crippen molar-refractivity contribution in [1.82, 2.24) is 5.32 Å². The molecule has 0 radical (unpaired) electrons. The molecular formula is C10H23NO4S. The summed E-state index contributed by atoms with van der Waals surface area (Å²) in [5, 5.41) is 3.19. The third-order valence-electron chi connectivity index (χ3n) is 1.95. The Balaban J connectivity index is 3.10. The fourth-order valence-corrected chi connectivity index (χ4v) is 1.74. The molecule has 0 aromatic heterocycles. The number of ether oxygens (including phenoxy) is 1. The van der Waals surface area contributed by atoms with Gasteiger partial charge in [0, 0.05) is 6.61 Å². The summed E-state index contributed by atoms with van der Waals surface area (Å²) in [7, 11) is -3.78. The van der Waals surface area contributed by atoms with Gasteiger partial charge in [-0.2, -0.15) is 8.42 Å². The number of unbranched alkanes of at least 4 members (excludes halogenated alkanes) is 1. The van der Waals surface area contributed by atoms with Gasteiger partial charge in [0.05, 0.1) is 11.9 Å². The van der Waals surface area contributed by atoms with Crippen LogP contribution in [-0.4, -0.2) is 44.5 Å². The third-order valence-corrected chi connectivity index (χ3v) is 2.76. The van der Waals surface area contributed by atoms with Crippen LogP contribution in [0.2, 0.25) is 0 Å². The second-order valence-electron chi connectivity index (χ2n) is 4.02. The predicted octanol–water partition coefficient (Wildman–Crippen LogP) is 1.06. The molecule has 0 heterocycles. The lowest BCUT2D eigenvalue weighted by Crippen LogP contribution is -2.19. The van der Waals surface area contributed by atoms with Gasteiger partial charge in [-0.25, -0.2) is 0 Å². The van der Waals surface area contributed by atoms with Crippen LogP contribution in [0, 0.1) is 0 Å². The van der Waals surface area contributed by atoms with Crippen LogP contribution in [0.3, 0.4) is 0 Å². The zero-order valence-electron chi connectivity index (χ0n) is 10.1. The molecule has 0 aromatic rings. The molecule has 0 atom stereocenters. The van der Waals surface area contributed by atoms with Crippen molar-refractivity contribution in [2.75, 3.05) is 25.4 Å². The van der Waals surface area contributed by atoms with E-state index >= 15 is 0 Å². The van der Waals surface area contributed by atoms with Crippen molar-refractivity contribution in [1.29, 1.82) is 0 Å². The Morgan fingerprint density at radius 1 is 1.19 bits per heavy atom. The summed E-state index contributed by atoms with van der Waals surface area (Å²) in [5.74, 6) is -0.148. The summed E-state index contributed by atoms with van der Waals surface area (Å²) in [6, 6.07) is 0. The van der Waals surface area contributed by atoms with Crippen LogP contribution >= 0.6 is 0 Å². The van der Waals surface area contributed by atoms with Gasteiger partial charge in [0.15, 0.2) is 0 Å². The predicted molar refractivity (Wildman–Crippen MR) is 64.2 cm³/mol. The molecule has 0 aromatic carbocycles. The molecule has 0 spiro atoms. The highest BCUT2D eigenvalue weighted by atomic mass is 32.2. The SMILES string of the molecule is CC(C)OCCCNCCCCS(=O)(=O)O. The van der Waals surface area contributed by atoms with Crippen LogP contribution in [-0.2, 0) is 14.9 Å². The van der Waals surface area contributed by atoms with Gasteiger partial charge in [-0.05, 0) is 46.2 Å². The van der Waals surface area contributed by atoms with Gasteiger partial charge in [0.2, 0.25) is 0 Å². The molecule has 0 aliphatic rings. The monoisotopic (exact) mass is 253 g/mol. The Bertz CT molecular complexity index is 252. The molecule has 2 N–H and O–H groups in total. The molecule has 16 heavy (non-hydrogen) atoms. The fourth-order valence-electron chi connectivity index (χ4n) is 1.18. The first-order chi connectivity index (χ1) is 7.42. The summed E-state index contributed by atoms with van der Waals surface area (Å²) < 4.78 is 34.6. The molecule has 6 heteroatoms. The second-order valence-corrected chi connectivity index (χ2v) is 5.59. The van der Waals surface area contributed by atoms with Gasteiger partial charge in [-0.1, -0.05) is 0 Å². The number of hydrogen-bond acceptors (Lipinski definition) is 4. The minimum absolute atomic E-state index is 0.148. The van der Waals surface area contributed by atoms with Crippen molar-refractivity contribution in [2.45, 2.75) is 39.2 Å². The zero-order chi connectivity index (χ0) is 12.4. The molecule has 0 aliphatic heterocycles. The summed E-state index contributed by atoms with van der Waals surface area (Å²) >= 11 is 0. The Labute approximate surface area is 98.3 Å². The highest BCUT2D eigenvalue weighted by molar-refractivity contribution is 7.85. The van der Waals surface area contributed by atoms with Crippen molar-refractivity contribution in [3.63, 3.8) is 0 Å². The van der Waals surface area contributed by atoms with Crippen molar-refractivity contribution >= 4 is 10.1 Å². The van der Waals surface area contributed by atoms with E-state index in [2.05, 4.69) is 5.32 Å². The van der Waals surface area contributed by atoms with Gasteiger partial charge in [-0.15, -0.1) is 0 Å². The van der Waals surface area contributed by atoms with Gasteiger partial charge >= 0.3 is 0 Å². The minimum atomic E-state index is -3.78. The van der Waals surface area contributed by atoms with Crippen molar-refractivity contribution < 1.29 is 17.7 Å². The lowest BCUT2D eigenvalue weighted by Gasteiger charge is -2.07. The number of hydrogen-bond donors (Lipinski definition) is 2. The molecular weight excluding hydrogens is 230 g/mol. The first kappa shape index (κ1) is 15.8. The fraction of sp³-hybridized carbons (Fsp3) is 1.00. The average molecular weight is 253 g/mol. The van der Waals surface area contributed by atoms with E-state index in [1.54, 1.807) is 0 Å². The van der Waals surface area contributed by atoms with Gasteiger partial charge in [-0.3, -0.25) is 4.55 Å². The normalized spacial score (nSPS) is 12.2. The van der Waals surface area contributed by atoms with Crippen molar-refractivity contribution in [3.8, 4) is 0 Å². The van der Waals surface area contributed by atoms with Crippen molar-refractivity contribution in [2.24, 2.45) is 0 Å². The van der Waals surface area contributed by atoms with Crippen LogP contribution in [0.15, 0.2) is 0 Å². The molecule has 0 rings (SSSR count). The number of rotatable bonds is 10. The highest BCUT2D eigenvalue weighted by Gasteiger charge is 2.02. The highest BCUT2D eigenvalue weighted by Crippen LogP contribution is 1.93. The molecule has 0 fully saturated rings. The molecule has 0 aliphatic carbocycles. The quantitative estimate of drug-likeness (QED) is 0.450. The molecule has 98 valence electrons. The second kappa shape index (κ2) is 8.92. The summed E-state index contributed by atoms with van der Waals surface area (Å²) in [6.45, 7) is 6.40. The summed E-state index contributed by atoms with van der Waals surface area (Å²) in [4.78, 5) is 0. The molecule has 0 saturated heterocycles. The maximum absolute atomic E-state index is 10.4. The lowest BCUT2D eigenvalue weighted by molar-refractivity contribution is 0.0771. The van der Waals surface area contributed by atoms with Crippen LogP contribution in [0.4, 0.5) is 0 Å². The van der Waals surface area contributed by atoms with Crippen LogP contribution in [0.25, 0.3) is 0 Å². The maximum Gasteiger partial charge on any atom is 0.264 e.